The molecule has 0 atom stereocenters. The number of hydrogen-bond acceptors (Lipinski definition) is 5. The quantitative estimate of drug-likeness (QED) is 0.524. The minimum Gasteiger partial charge on any atom is -0.496 e. The molecule has 0 aliphatic carbocycles. The second-order valence-electron chi connectivity index (χ2n) is 5.94. The third-order valence-electron chi connectivity index (χ3n) is 4.20. The van der Waals surface area contributed by atoms with Crippen LogP contribution in [0.5, 0.6) is 5.75 Å². The third-order valence-corrected chi connectivity index (χ3v) is 5.36. The standard InChI is InChI=1S/C20H14N2O3S2/c1-25-16-6-2-11(9-17-19(24)22-20(26)27-17)8-14(16)12-3-5-15-13(10-12)4-7-18(23)21-15/h2-10H,1H3,(H,21,23)(H,22,24,26)/b17-9-. The molecule has 1 saturated heterocycles. The van der Waals surface area contributed by atoms with E-state index in [0.29, 0.717) is 9.23 Å². The average Bonchev–Trinajstić information content (AvgIpc) is 2.98. The Morgan fingerprint density at radius 1 is 1.07 bits per heavy atom. The summed E-state index contributed by atoms with van der Waals surface area (Å²) in [5, 5.41) is 3.54. The maximum Gasteiger partial charge on any atom is 0.263 e. The number of methoxy groups -OCH3 is 1. The Labute approximate surface area is 164 Å². The van der Waals surface area contributed by atoms with Gasteiger partial charge in [-0.3, -0.25) is 9.59 Å². The van der Waals surface area contributed by atoms with E-state index in [1.165, 1.54) is 17.8 Å². The van der Waals surface area contributed by atoms with Crippen LogP contribution in [0.3, 0.4) is 0 Å². The van der Waals surface area contributed by atoms with Crippen LogP contribution in [0.2, 0.25) is 0 Å². The predicted octanol–water partition coefficient (Wildman–Crippen LogP) is 3.69. The van der Waals surface area contributed by atoms with Crippen molar-refractivity contribution in [2.75, 3.05) is 7.11 Å². The monoisotopic (exact) mass is 394 g/mol. The van der Waals surface area contributed by atoms with Crippen LogP contribution in [0.1, 0.15) is 5.56 Å². The number of aromatic nitrogens is 1. The molecule has 4 rings (SSSR count). The topological polar surface area (TPSA) is 71.2 Å². The van der Waals surface area contributed by atoms with Crippen LogP contribution in [-0.4, -0.2) is 22.3 Å². The number of fused-ring (bicyclic) bond motifs is 1. The molecule has 0 bridgehead atoms. The number of aromatic amines is 1. The first-order valence-electron chi connectivity index (χ1n) is 8.10. The van der Waals surface area contributed by atoms with Gasteiger partial charge in [0, 0.05) is 17.1 Å². The summed E-state index contributed by atoms with van der Waals surface area (Å²) in [5.41, 5.74) is 3.36. The molecular weight excluding hydrogens is 380 g/mol. The van der Waals surface area contributed by atoms with Gasteiger partial charge in [0.25, 0.3) is 5.91 Å². The highest BCUT2D eigenvalue weighted by Gasteiger charge is 2.22. The Morgan fingerprint density at radius 2 is 1.93 bits per heavy atom. The molecule has 1 fully saturated rings. The van der Waals surface area contributed by atoms with Crippen LogP contribution in [0.15, 0.2) is 58.2 Å². The van der Waals surface area contributed by atoms with Gasteiger partial charge >= 0.3 is 0 Å². The summed E-state index contributed by atoms with van der Waals surface area (Å²) >= 11 is 6.28. The van der Waals surface area contributed by atoms with E-state index < -0.39 is 0 Å². The van der Waals surface area contributed by atoms with Gasteiger partial charge in [-0.15, -0.1) is 0 Å². The van der Waals surface area contributed by atoms with Gasteiger partial charge in [-0.05, 0) is 52.9 Å². The Hall–Kier alpha value is -2.90. The van der Waals surface area contributed by atoms with Gasteiger partial charge in [0.2, 0.25) is 5.56 Å². The zero-order valence-electron chi connectivity index (χ0n) is 14.2. The number of carbonyl (C=O) groups is 1. The van der Waals surface area contributed by atoms with E-state index in [1.54, 1.807) is 19.3 Å². The van der Waals surface area contributed by atoms with Gasteiger partial charge in [-0.2, -0.15) is 0 Å². The number of nitrogens with one attached hydrogen (secondary N) is 2. The van der Waals surface area contributed by atoms with Crippen molar-refractivity contribution in [2.45, 2.75) is 0 Å². The van der Waals surface area contributed by atoms with E-state index in [2.05, 4.69) is 10.3 Å². The van der Waals surface area contributed by atoms with E-state index in [4.69, 9.17) is 17.0 Å². The van der Waals surface area contributed by atoms with Crippen molar-refractivity contribution < 1.29 is 9.53 Å². The molecule has 0 radical (unpaired) electrons. The molecule has 2 heterocycles. The van der Waals surface area contributed by atoms with E-state index in [0.717, 1.165) is 33.3 Å². The smallest absolute Gasteiger partial charge is 0.263 e. The summed E-state index contributed by atoms with van der Waals surface area (Å²) in [5.74, 6) is 0.539. The largest absolute Gasteiger partial charge is 0.496 e. The van der Waals surface area contributed by atoms with Crippen LogP contribution in [0.25, 0.3) is 28.1 Å². The van der Waals surface area contributed by atoms with Gasteiger partial charge in [0.15, 0.2) is 0 Å². The lowest BCUT2D eigenvalue weighted by atomic mass is 10.00. The molecule has 1 aliphatic rings. The SMILES string of the molecule is COc1ccc(/C=C2\SC(=S)NC2=O)cc1-c1ccc2[nH]c(=O)ccc2c1. The van der Waals surface area contributed by atoms with Crippen molar-refractivity contribution >= 4 is 51.2 Å². The number of thiocarbonyl (C=S) groups is 1. The fourth-order valence-electron chi connectivity index (χ4n) is 2.94. The van der Waals surface area contributed by atoms with Gasteiger partial charge in [0.05, 0.1) is 12.0 Å². The van der Waals surface area contributed by atoms with Gasteiger partial charge in [0.1, 0.15) is 10.1 Å². The predicted molar refractivity (Wildman–Crippen MR) is 113 cm³/mol. The zero-order valence-corrected chi connectivity index (χ0v) is 15.9. The van der Waals surface area contributed by atoms with E-state index in [1.807, 2.05) is 36.4 Å². The van der Waals surface area contributed by atoms with Crippen molar-refractivity contribution in [1.82, 2.24) is 10.3 Å². The Balaban J connectivity index is 1.81. The van der Waals surface area contributed by atoms with Crippen molar-refractivity contribution in [1.29, 1.82) is 0 Å². The molecule has 27 heavy (non-hydrogen) atoms. The van der Waals surface area contributed by atoms with Gasteiger partial charge in [-0.1, -0.05) is 36.1 Å². The second kappa shape index (κ2) is 7.02. The third kappa shape index (κ3) is 3.51. The molecule has 0 unspecified atom stereocenters. The Kier molecular flexibility index (Phi) is 4.55. The van der Waals surface area contributed by atoms with Gasteiger partial charge in [-0.25, -0.2) is 0 Å². The molecule has 1 aromatic heterocycles. The number of amides is 1. The number of carbonyl (C=O) groups excluding carboxylic acids is 1. The number of hydrogen-bond donors (Lipinski definition) is 2. The molecule has 3 aromatic rings. The minimum absolute atomic E-state index is 0.133. The zero-order chi connectivity index (χ0) is 19.0. The molecular formula is C20H14N2O3S2. The summed E-state index contributed by atoms with van der Waals surface area (Å²) in [6.45, 7) is 0. The van der Waals surface area contributed by atoms with E-state index in [-0.39, 0.29) is 11.5 Å². The Bertz CT molecular complexity index is 1180. The fourth-order valence-corrected chi connectivity index (χ4v) is 3.98. The highest BCUT2D eigenvalue weighted by Crippen LogP contribution is 2.34. The molecule has 1 aliphatic heterocycles. The first kappa shape index (κ1) is 17.5. The molecule has 2 N–H and O–H groups in total. The van der Waals surface area contributed by atoms with Crippen LogP contribution < -0.4 is 15.6 Å². The average molecular weight is 394 g/mol. The Morgan fingerprint density at radius 3 is 2.67 bits per heavy atom. The molecule has 0 spiro atoms. The van der Waals surface area contributed by atoms with Crippen molar-refractivity contribution in [2.24, 2.45) is 0 Å². The fraction of sp³-hybridized carbons (Fsp3) is 0.0500. The minimum atomic E-state index is -0.183. The highest BCUT2D eigenvalue weighted by molar-refractivity contribution is 8.26. The molecule has 5 nitrogen and oxygen atoms in total. The van der Waals surface area contributed by atoms with Crippen LogP contribution >= 0.6 is 24.0 Å². The number of rotatable bonds is 3. The van der Waals surface area contributed by atoms with Crippen LogP contribution in [-0.2, 0) is 4.79 Å². The first-order chi connectivity index (χ1) is 13.0. The maximum atomic E-state index is 11.9. The summed E-state index contributed by atoms with van der Waals surface area (Å²) in [6, 6.07) is 14.8. The lowest BCUT2D eigenvalue weighted by Crippen LogP contribution is -2.17. The number of pyridine rings is 1. The molecule has 1 amide bonds. The van der Waals surface area contributed by atoms with Crippen LogP contribution in [0, 0.1) is 0 Å². The number of benzene rings is 2. The molecule has 0 saturated carbocycles. The highest BCUT2D eigenvalue weighted by atomic mass is 32.2. The lowest BCUT2D eigenvalue weighted by molar-refractivity contribution is -0.115. The molecule has 7 heteroatoms. The molecule has 2 aromatic carbocycles. The second-order valence-corrected chi connectivity index (χ2v) is 7.66. The number of thioether (sulfide) groups is 1. The van der Waals surface area contributed by atoms with Crippen LogP contribution in [0.4, 0.5) is 0 Å². The molecule has 134 valence electrons. The van der Waals surface area contributed by atoms with Crippen molar-refractivity contribution in [3.63, 3.8) is 0 Å². The summed E-state index contributed by atoms with van der Waals surface area (Å²) in [6.07, 6.45) is 1.81. The normalized spacial score (nSPS) is 15.4. The summed E-state index contributed by atoms with van der Waals surface area (Å²) in [7, 11) is 1.62. The lowest BCUT2D eigenvalue weighted by Gasteiger charge is -2.11. The van der Waals surface area contributed by atoms with Gasteiger partial charge < -0.3 is 15.0 Å². The first-order valence-corrected chi connectivity index (χ1v) is 9.32. The maximum absolute atomic E-state index is 11.9. The number of H-pyrrole nitrogens is 1. The summed E-state index contributed by atoms with van der Waals surface area (Å²) < 4.78 is 5.97. The van der Waals surface area contributed by atoms with Crippen molar-refractivity contribution in [3.8, 4) is 16.9 Å². The van der Waals surface area contributed by atoms with E-state index >= 15 is 0 Å². The van der Waals surface area contributed by atoms with E-state index in [9.17, 15) is 9.59 Å². The summed E-state index contributed by atoms with van der Waals surface area (Å²) in [4.78, 5) is 26.7. The van der Waals surface area contributed by atoms with Crippen molar-refractivity contribution in [3.05, 3.63) is 69.4 Å². The number of ether oxygens (including phenoxy) is 1.